The summed E-state index contributed by atoms with van der Waals surface area (Å²) >= 11 is 0. The molecule has 5 aliphatic rings. The molecule has 162 valence electrons. The molecular formula is C24H29N5O2. The summed E-state index contributed by atoms with van der Waals surface area (Å²) in [5.74, 6) is 2.69. The number of piperidine rings is 1. The molecule has 0 N–H and O–H groups in total. The lowest BCUT2D eigenvalue weighted by atomic mass is 9.60. The minimum atomic E-state index is -0.722. The van der Waals surface area contributed by atoms with Crippen LogP contribution in [0.25, 0.3) is 0 Å². The van der Waals surface area contributed by atoms with Gasteiger partial charge in [0.2, 0.25) is 0 Å². The number of rotatable bonds is 2. The van der Waals surface area contributed by atoms with Crippen LogP contribution < -0.4 is 4.90 Å². The van der Waals surface area contributed by atoms with Crippen molar-refractivity contribution in [3.8, 4) is 6.07 Å². The van der Waals surface area contributed by atoms with Crippen molar-refractivity contribution in [2.45, 2.75) is 56.4 Å². The Kier molecular flexibility index (Phi) is 4.07. The van der Waals surface area contributed by atoms with Gasteiger partial charge < -0.3 is 14.5 Å². The maximum absolute atomic E-state index is 13.8. The van der Waals surface area contributed by atoms with Gasteiger partial charge in [0.15, 0.2) is 5.60 Å². The maximum Gasteiger partial charge on any atom is 0.257 e. The van der Waals surface area contributed by atoms with E-state index in [0.717, 1.165) is 18.7 Å². The second-order valence-corrected chi connectivity index (χ2v) is 9.82. The number of ether oxygens (including phenoxy) is 1. The third kappa shape index (κ3) is 2.71. The third-order valence-corrected chi connectivity index (χ3v) is 8.26. The Morgan fingerprint density at radius 1 is 1.23 bits per heavy atom. The highest BCUT2D eigenvalue weighted by molar-refractivity contribution is 5.89. The average molecular weight is 420 g/mol. The van der Waals surface area contributed by atoms with Crippen LogP contribution in [-0.4, -0.2) is 51.2 Å². The van der Waals surface area contributed by atoms with Gasteiger partial charge in [0.05, 0.1) is 0 Å². The first-order chi connectivity index (χ1) is 15.0. The van der Waals surface area contributed by atoms with Crippen molar-refractivity contribution in [2.75, 3.05) is 18.0 Å². The van der Waals surface area contributed by atoms with Crippen molar-refractivity contribution in [2.24, 2.45) is 17.8 Å². The van der Waals surface area contributed by atoms with Crippen LogP contribution in [0.3, 0.4) is 0 Å². The standard InChI is InChI=1S/C24H27N5O2.H2/c1-23-7-6-20(19-12-16-4-2-3-5-18(16)19)29(23)22(30)24(31-23)8-10-28(11-9-24)21-13-17(14-25)26-15-27-21;/h2-5,13,15-16,18-20H,6-12H2,1H3;1H/t16?,18?,19?,20-,23+;/m0./s1. The number of anilines is 1. The lowest BCUT2D eigenvalue weighted by Crippen LogP contribution is -2.55. The normalized spacial score (nSPS) is 37.5. The lowest BCUT2D eigenvalue weighted by molar-refractivity contribution is -0.143. The van der Waals surface area contributed by atoms with Gasteiger partial charge in [-0.2, -0.15) is 5.26 Å². The Bertz CT molecular complexity index is 1030. The monoisotopic (exact) mass is 419 g/mol. The highest BCUT2D eigenvalue weighted by Gasteiger charge is 2.65. The molecule has 3 aliphatic heterocycles. The third-order valence-electron chi connectivity index (χ3n) is 8.26. The summed E-state index contributed by atoms with van der Waals surface area (Å²) in [6.07, 6.45) is 14.8. The first-order valence-electron chi connectivity index (χ1n) is 11.4. The summed E-state index contributed by atoms with van der Waals surface area (Å²) < 4.78 is 6.66. The van der Waals surface area contributed by atoms with Gasteiger partial charge in [-0.1, -0.05) is 24.3 Å². The molecule has 0 aromatic carbocycles. The number of carbonyl (C=O) groups is 1. The van der Waals surface area contributed by atoms with Crippen molar-refractivity contribution in [3.05, 3.63) is 42.4 Å². The van der Waals surface area contributed by atoms with E-state index in [-0.39, 0.29) is 13.4 Å². The van der Waals surface area contributed by atoms with E-state index in [1.54, 1.807) is 6.07 Å². The number of nitriles is 1. The van der Waals surface area contributed by atoms with E-state index in [9.17, 15) is 4.79 Å². The van der Waals surface area contributed by atoms with Crippen LogP contribution in [0.2, 0.25) is 0 Å². The van der Waals surface area contributed by atoms with E-state index in [4.69, 9.17) is 10.00 Å². The van der Waals surface area contributed by atoms with Crippen molar-refractivity contribution in [3.63, 3.8) is 0 Å². The van der Waals surface area contributed by atoms with Gasteiger partial charge >= 0.3 is 0 Å². The van der Waals surface area contributed by atoms with Gasteiger partial charge in [0.1, 0.15) is 29.6 Å². The summed E-state index contributed by atoms with van der Waals surface area (Å²) in [4.78, 5) is 26.4. The minimum absolute atomic E-state index is 0. The average Bonchev–Trinajstić information content (AvgIpc) is 3.20. The number of aromatic nitrogens is 2. The number of amides is 1. The number of carbonyl (C=O) groups excluding carboxylic acids is 1. The Morgan fingerprint density at radius 2 is 2.03 bits per heavy atom. The van der Waals surface area contributed by atoms with E-state index >= 15 is 0 Å². The molecule has 1 amide bonds. The highest BCUT2D eigenvalue weighted by Crippen LogP contribution is 2.56. The molecule has 0 radical (unpaired) electrons. The molecule has 6 rings (SSSR count). The van der Waals surface area contributed by atoms with E-state index in [2.05, 4.69) is 57.1 Å². The molecule has 1 aromatic heterocycles. The predicted octanol–water partition coefficient (Wildman–Crippen LogP) is 3.05. The van der Waals surface area contributed by atoms with E-state index in [1.165, 1.54) is 12.7 Å². The molecular weight excluding hydrogens is 390 g/mol. The van der Waals surface area contributed by atoms with Crippen LogP contribution in [0.15, 0.2) is 36.7 Å². The fraction of sp³-hybridized carbons (Fsp3) is 0.583. The van der Waals surface area contributed by atoms with Crippen molar-refractivity contribution < 1.29 is 11.0 Å². The minimum Gasteiger partial charge on any atom is -0.356 e. The van der Waals surface area contributed by atoms with Gasteiger partial charge in [0.25, 0.3) is 5.91 Å². The molecule has 5 atom stereocenters. The molecule has 1 spiro atoms. The molecule has 31 heavy (non-hydrogen) atoms. The number of hydrogen-bond acceptors (Lipinski definition) is 6. The highest BCUT2D eigenvalue weighted by atomic mass is 16.6. The number of nitrogens with zero attached hydrogens (tertiary/aromatic N) is 5. The number of fused-ring (bicyclic) bond motifs is 2. The van der Waals surface area contributed by atoms with Crippen LogP contribution >= 0.6 is 0 Å². The number of hydrogen-bond donors (Lipinski definition) is 0. The smallest absolute Gasteiger partial charge is 0.257 e. The SMILES string of the molecule is C[C@@]12CC[C@@H](C3CC4C=CC=CC43)N1C(=O)C1(CCN(c3cc(C#N)ncn3)CC1)O2.[HH]. The van der Waals surface area contributed by atoms with Crippen LogP contribution in [0.4, 0.5) is 5.82 Å². The van der Waals surface area contributed by atoms with Crippen molar-refractivity contribution in [1.82, 2.24) is 14.9 Å². The zero-order valence-corrected chi connectivity index (χ0v) is 17.8. The van der Waals surface area contributed by atoms with Gasteiger partial charge in [-0.25, -0.2) is 9.97 Å². The number of allylic oxidation sites excluding steroid dienone is 4. The maximum atomic E-state index is 13.8. The fourth-order valence-corrected chi connectivity index (χ4v) is 6.62. The molecule has 3 saturated heterocycles. The quantitative estimate of drug-likeness (QED) is 0.733. The van der Waals surface area contributed by atoms with Crippen LogP contribution in [-0.2, 0) is 9.53 Å². The van der Waals surface area contributed by atoms with Crippen molar-refractivity contribution >= 4 is 11.7 Å². The Labute approximate surface area is 183 Å². The fourth-order valence-electron chi connectivity index (χ4n) is 6.62. The predicted molar refractivity (Wildman–Crippen MR) is 116 cm³/mol. The zero-order valence-electron chi connectivity index (χ0n) is 17.8. The summed E-state index contributed by atoms with van der Waals surface area (Å²) in [5.41, 5.74) is -0.841. The lowest BCUT2D eigenvalue weighted by Gasteiger charge is -2.49. The summed E-state index contributed by atoms with van der Waals surface area (Å²) in [7, 11) is 0. The summed E-state index contributed by atoms with van der Waals surface area (Å²) in [5, 5.41) is 9.11. The first-order valence-corrected chi connectivity index (χ1v) is 11.4. The molecule has 1 aromatic rings. The largest absolute Gasteiger partial charge is 0.356 e. The molecule has 1 saturated carbocycles. The zero-order chi connectivity index (χ0) is 21.2. The first kappa shape index (κ1) is 19.0. The summed E-state index contributed by atoms with van der Waals surface area (Å²) in [6.45, 7) is 3.48. The van der Waals surface area contributed by atoms with Crippen LogP contribution in [0.5, 0.6) is 0 Å². The summed E-state index contributed by atoms with van der Waals surface area (Å²) in [6, 6.07) is 4.06. The Hall–Kier alpha value is -2.72. The topological polar surface area (TPSA) is 82.4 Å². The van der Waals surface area contributed by atoms with Gasteiger partial charge in [-0.3, -0.25) is 4.79 Å². The molecule has 2 aliphatic carbocycles. The molecule has 7 heteroatoms. The van der Waals surface area contributed by atoms with E-state index < -0.39 is 11.3 Å². The van der Waals surface area contributed by atoms with Crippen LogP contribution in [0, 0.1) is 29.1 Å². The molecule has 0 bridgehead atoms. The second-order valence-electron chi connectivity index (χ2n) is 9.82. The van der Waals surface area contributed by atoms with Gasteiger partial charge in [-0.05, 0) is 43.9 Å². The molecule has 7 nitrogen and oxygen atoms in total. The molecule has 4 heterocycles. The Balaban J connectivity index is 0.00000216. The second kappa shape index (κ2) is 6.64. The van der Waals surface area contributed by atoms with Crippen LogP contribution in [0.1, 0.15) is 46.1 Å². The van der Waals surface area contributed by atoms with Crippen molar-refractivity contribution in [1.29, 1.82) is 5.26 Å². The molecule has 4 fully saturated rings. The Morgan fingerprint density at radius 3 is 2.81 bits per heavy atom. The van der Waals surface area contributed by atoms with E-state index in [0.29, 0.717) is 49.4 Å². The van der Waals surface area contributed by atoms with Gasteiger partial charge in [0, 0.05) is 39.5 Å². The van der Waals surface area contributed by atoms with Gasteiger partial charge in [-0.15, -0.1) is 0 Å². The van der Waals surface area contributed by atoms with E-state index in [1.807, 2.05) is 0 Å². The molecule has 3 unspecified atom stereocenters.